The number of ketones is 2. The van der Waals surface area contributed by atoms with Crippen LogP contribution in [0.1, 0.15) is 0 Å². The van der Waals surface area contributed by atoms with Crippen LogP contribution < -0.4 is 0 Å². The molecule has 0 aromatic heterocycles. The largest absolute Gasteiger partial charge is 0.392 e. The lowest BCUT2D eigenvalue weighted by Gasteiger charge is -2.07. The van der Waals surface area contributed by atoms with E-state index in [0.717, 1.165) is 12.2 Å². The fraction of sp³-hybridized carbons (Fsp3) is 0.250. The first-order valence-corrected chi connectivity index (χ1v) is 3.40. The van der Waals surface area contributed by atoms with Crippen molar-refractivity contribution in [2.45, 2.75) is 0 Å². The van der Waals surface area contributed by atoms with Crippen molar-refractivity contribution in [3.05, 3.63) is 23.3 Å². The maximum Gasteiger partial charge on any atom is 0.184 e. The number of aliphatic hydroxyl groups is 2. The van der Waals surface area contributed by atoms with Gasteiger partial charge in [0.05, 0.1) is 13.2 Å². The minimum Gasteiger partial charge on any atom is -0.392 e. The molecule has 0 aromatic carbocycles. The van der Waals surface area contributed by atoms with Crippen molar-refractivity contribution >= 4 is 11.6 Å². The molecular weight excluding hydrogens is 160 g/mol. The van der Waals surface area contributed by atoms with Crippen LogP contribution in [-0.2, 0) is 9.59 Å². The molecule has 64 valence electrons. The fourth-order valence-corrected chi connectivity index (χ4v) is 0.891. The molecule has 4 heteroatoms. The fourth-order valence-electron chi connectivity index (χ4n) is 0.891. The van der Waals surface area contributed by atoms with E-state index in [-0.39, 0.29) is 11.1 Å². The molecule has 0 aromatic rings. The Bertz CT molecular complexity index is 255. The average molecular weight is 168 g/mol. The predicted molar refractivity (Wildman–Crippen MR) is 40.4 cm³/mol. The topological polar surface area (TPSA) is 74.6 Å². The molecule has 4 nitrogen and oxygen atoms in total. The van der Waals surface area contributed by atoms with Gasteiger partial charge in [-0.2, -0.15) is 0 Å². The molecule has 0 spiro atoms. The van der Waals surface area contributed by atoms with Crippen LogP contribution in [0, 0.1) is 0 Å². The van der Waals surface area contributed by atoms with Crippen molar-refractivity contribution in [3.8, 4) is 0 Å². The lowest BCUT2D eigenvalue weighted by Crippen LogP contribution is -2.17. The van der Waals surface area contributed by atoms with E-state index in [1.54, 1.807) is 0 Å². The zero-order chi connectivity index (χ0) is 9.14. The number of hydrogen-bond acceptors (Lipinski definition) is 4. The molecule has 0 saturated heterocycles. The molecule has 0 radical (unpaired) electrons. The van der Waals surface area contributed by atoms with Crippen molar-refractivity contribution in [3.63, 3.8) is 0 Å². The first kappa shape index (κ1) is 8.83. The van der Waals surface area contributed by atoms with E-state index in [0.29, 0.717) is 0 Å². The van der Waals surface area contributed by atoms with Gasteiger partial charge in [0.2, 0.25) is 0 Å². The van der Waals surface area contributed by atoms with Crippen molar-refractivity contribution < 1.29 is 19.8 Å². The highest BCUT2D eigenvalue weighted by Crippen LogP contribution is 2.10. The summed E-state index contributed by atoms with van der Waals surface area (Å²) in [5.74, 6) is -0.831. The number of allylic oxidation sites excluding steroid dienone is 2. The molecule has 0 fully saturated rings. The van der Waals surface area contributed by atoms with Crippen LogP contribution >= 0.6 is 0 Å². The minimum atomic E-state index is -0.445. The monoisotopic (exact) mass is 168 g/mol. The Labute approximate surface area is 68.8 Å². The molecule has 1 aliphatic carbocycles. The van der Waals surface area contributed by atoms with E-state index >= 15 is 0 Å². The molecule has 1 aliphatic rings. The molecule has 0 amide bonds. The third kappa shape index (κ3) is 1.49. The van der Waals surface area contributed by atoms with E-state index in [2.05, 4.69) is 0 Å². The Morgan fingerprint density at radius 3 is 1.50 bits per heavy atom. The Morgan fingerprint density at radius 2 is 1.25 bits per heavy atom. The molecule has 0 saturated carbocycles. The number of carbonyl (C=O) groups is 2. The van der Waals surface area contributed by atoms with Gasteiger partial charge in [0, 0.05) is 11.1 Å². The number of hydrogen-bond donors (Lipinski definition) is 2. The van der Waals surface area contributed by atoms with Crippen molar-refractivity contribution in [1.82, 2.24) is 0 Å². The Hall–Kier alpha value is -1.26. The average Bonchev–Trinajstić information content (AvgIpc) is 2.08. The summed E-state index contributed by atoms with van der Waals surface area (Å²) in [7, 11) is 0. The standard InChI is InChI=1S/C8H8O4/c9-3-5-1-7(11)6(4-10)2-8(5)12/h1-2,9-10H,3-4H2. The molecule has 0 unspecified atom stereocenters. The van der Waals surface area contributed by atoms with Crippen LogP contribution in [0.25, 0.3) is 0 Å². The van der Waals surface area contributed by atoms with Gasteiger partial charge in [0.25, 0.3) is 0 Å². The Morgan fingerprint density at radius 1 is 0.917 bits per heavy atom. The highest BCUT2D eigenvalue weighted by atomic mass is 16.3. The van der Waals surface area contributed by atoms with Gasteiger partial charge in [-0.05, 0) is 12.2 Å². The molecular formula is C8H8O4. The number of aliphatic hydroxyl groups excluding tert-OH is 2. The van der Waals surface area contributed by atoms with Crippen molar-refractivity contribution in [2.24, 2.45) is 0 Å². The van der Waals surface area contributed by atoms with E-state index in [1.165, 1.54) is 0 Å². The first-order chi connectivity index (χ1) is 5.69. The maximum absolute atomic E-state index is 11.0. The SMILES string of the molecule is O=C1C=C(CO)C(=O)C=C1CO. The van der Waals surface area contributed by atoms with E-state index < -0.39 is 24.8 Å². The molecule has 0 bridgehead atoms. The summed E-state index contributed by atoms with van der Waals surface area (Å²) in [5.41, 5.74) is 0.134. The smallest absolute Gasteiger partial charge is 0.184 e. The van der Waals surface area contributed by atoms with Gasteiger partial charge in [-0.15, -0.1) is 0 Å². The van der Waals surface area contributed by atoms with E-state index in [1.807, 2.05) is 0 Å². The van der Waals surface area contributed by atoms with Crippen LogP contribution in [0.4, 0.5) is 0 Å². The summed E-state index contributed by atoms with van der Waals surface area (Å²) in [6, 6.07) is 0. The number of carbonyl (C=O) groups excluding carboxylic acids is 2. The molecule has 0 atom stereocenters. The van der Waals surface area contributed by atoms with Crippen molar-refractivity contribution in [2.75, 3.05) is 13.2 Å². The lowest BCUT2D eigenvalue weighted by atomic mass is 9.98. The zero-order valence-corrected chi connectivity index (χ0v) is 6.28. The second-order valence-electron chi connectivity index (χ2n) is 2.38. The Kier molecular flexibility index (Phi) is 2.52. The Balaban J connectivity index is 2.94. The molecule has 2 N–H and O–H groups in total. The van der Waals surface area contributed by atoms with E-state index in [9.17, 15) is 9.59 Å². The number of rotatable bonds is 2. The second kappa shape index (κ2) is 3.42. The first-order valence-electron chi connectivity index (χ1n) is 3.40. The van der Waals surface area contributed by atoms with Gasteiger partial charge in [-0.3, -0.25) is 9.59 Å². The molecule has 0 aliphatic heterocycles. The quantitative estimate of drug-likeness (QED) is 0.517. The van der Waals surface area contributed by atoms with Gasteiger partial charge in [-0.25, -0.2) is 0 Å². The molecule has 1 rings (SSSR count). The van der Waals surface area contributed by atoms with Crippen LogP contribution in [0.15, 0.2) is 23.3 Å². The minimum absolute atomic E-state index is 0.0669. The normalized spacial score (nSPS) is 17.5. The molecule has 12 heavy (non-hydrogen) atoms. The van der Waals surface area contributed by atoms with Gasteiger partial charge in [0.15, 0.2) is 11.6 Å². The summed E-state index contributed by atoms with van der Waals surface area (Å²) in [4.78, 5) is 21.9. The molecule has 0 heterocycles. The van der Waals surface area contributed by atoms with Crippen LogP contribution in [0.2, 0.25) is 0 Å². The van der Waals surface area contributed by atoms with Gasteiger partial charge in [0.1, 0.15) is 0 Å². The third-order valence-electron chi connectivity index (χ3n) is 1.58. The van der Waals surface area contributed by atoms with Gasteiger partial charge in [-0.1, -0.05) is 0 Å². The van der Waals surface area contributed by atoms with Crippen molar-refractivity contribution in [1.29, 1.82) is 0 Å². The summed E-state index contributed by atoms with van der Waals surface area (Å²) in [6.07, 6.45) is 2.10. The van der Waals surface area contributed by atoms with Crippen LogP contribution in [0.5, 0.6) is 0 Å². The highest BCUT2D eigenvalue weighted by molar-refractivity contribution is 6.20. The van der Waals surface area contributed by atoms with Crippen LogP contribution in [-0.4, -0.2) is 35.0 Å². The third-order valence-corrected chi connectivity index (χ3v) is 1.58. The van der Waals surface area contributed by atoms with Crippen LogP contribution in [0.3, 0.4) is 0 Å². The van der Waals surface area contributed by atoms with Gasteiger partial charge < -0.3 is 10.2 Å². The summed E-state index contributed by atoms with van der Waals surface area (Å²) in [5, 5.41) is 17.2. The lowest BCUT2D eigenvalue weighted by molar-refractivity contribution is -0.115. The second-order valence-corrected chi connectivity index (χ2v) is 2.38. The predicted octanol–water partition coefficient (Wildman–Crippen LogP) is -1.02. The summed E-state index contributed by atoms with van der Waals surface area (Å²) >= 11 is 0. The van der Waals surface area contributed by atoms with E-state index in [4.69, 9.17) is 10.2 Å². The zero-order valence-electron chi connectivity index (χ0n) is 6.28. The summed E-state index contributed by atoms with van der Waals surface area (Å²) in [6.45, 7) is -0.889. The maximum atomic E-state index is 11.0. The summed E-state index contributed by atoms with van der Waals surface area (Å²) < 4.78 is 0. The highest BCUT2D eigenvalue weighted by Gasteiger charge is 2.18. The van der Waals surface area contributed by atoms with Gasteiger partial charge >= 0.3 is 0 Å².